The molecule has 186 valence electrons. The second kappa shape index (κ2) is 12.9. The van der Waals surface area contributed by atoms with E-state index < -0.39 is 0 Å². The lowest BCUT2D eigenvalue weighted by molar-refractivity contribution is -0.118. The highest BCUT2D eigenvalue weighted by molar-refractivity contribution is 6.31. The van der Waals surface area contributed by atoms with Crippen LogP contribution >= 0.6 is 11.6 Å². The number of rotatable bonds is 12. The lowest BCUT2D eigenvalue weighted by atomic mass is 10.1. The standard InChI is InChI=1S/C27H31ClN2O5/c1-18-5-8-21(9-6-18)30-27(31)17-35-26-15-22(28)20(14-25(26)34-4)16-29-12-11-19-7-10-23(32-2)24(13-19)33-3/h5-10,13-15,29H,11-12,16-17H2,1-4H3,(H,30,31). The van der Waals surface area contributed by atoms with Crippen molar-refractivity contribution in [2.45, 2.75) is 19.9 Å². The summed E-state index contributed by atoms with van der Waals surface area (Å²) in [7, 11) is 4.80. The van der Waals surface area contributed by atoms with E-state index in [0.717, 1.165) is 29.7 Å². The van der Waals surface area contributed by atoms with Crippen LogP contribution in [0, 0.1) is 6.92 Å². The van der Waals surface area contributed by atoms with Crippen LogP contribution in [-0.4, -0.2) is 40.4 Å². The van der Waals surface area contributed by atoms with Gasteiger partial charge < -0.3 is 29.6 Å². The van der Waals surface area contributed by atoms with Crippen LogP contribution in [0.25, 0.3) is 0 Å². The summed E-state index contributed by atoms with van der Waals surface area (Å²) in [5.41, 5.74) is 3.83. The Morgan fingerprint density at radius 2 is 1.54 bits per heavy atom. The van der Waals surface area contributed by atoms with Crippen molar-refractivity contribution in [2.24, 2.45) is 0 Å². The molecule has 8 heteroatoms. The number of carbonyl (C=O) groups excluding carboxylic acids is 1. The Balaban J connectivity index is 1.53. The van der Waals surface area contributed by atoms with Crippen LogP contribution in [0.2, 0.25) is 5.02 Å². The first kappa shape index (κ1) is 26.2. The summed E-state index contributed by atoms with van der Waals surface area (Å²) in [5.74, 6) is 2.06. The summed E-state index contributed by atoms with van der Waals surface area (Å²) in [6.07, 6.45) is 0.812. The summed E-state index contributed by atoms with van der Waals surface area (Å²) in [5, 5.41) is 6.72. The Kier molecular flexibility index (Phi) is 9.64. The smallest absolute Gasteiger partial charge is 0.262 e. The molecule has 0 aromatic heterocycles. The van der Waals surface area contributed by atoms with Gasteiger partial charge in [-0.3, -0.25) is 4.79 Å². The van der Waals surface area contributed by atoms with Crippen LogP contribution in [0.1, 0.15) is 16.7 Å². The lowest BCUT2D eigenvalue weighted by Crippen LogP contribution is -2.20. The van der Waals surface area contributed by atoms with Crippen LogP contribution in [0.4, 0.5) is 5.69 Å². The van der Waals surface area contributed by atoms with Crippen LogP contribution < -0.4 is 29.6 Å². The average molecular weight is 499 g/mol. The van der Waals surface area contributed by atoms with Gasteiger partial charge in [-0.2, -0.15) is 0 Å². The molecular formula is C27H31ClN2O5. The van der Waals surface area contributed by atoms with E-state index in [9.17, 15) is 4.79 Å². The number of methoxy groups -OCH3 is 3. The second-order valence-electron chi connectivity index (χ2n) is 7.91. The molecule has 0 aliphatic carbocycles. The van der Waals surface area contributed by atoms with Crippen LogP contribution in [0.5, 0.6) is 23.0 Å². The Labute approximate surface area is 211 Å². The van der Waals surface area contributed by atoms with E-state index >= 15 is 0 Å². The number of carbonyl (C=O) groups is 1. The Hall–Kier alpha value is -3.42. The fourth-order valence-corrected chi connectivity index (χ4v) is 3.67. The summed E-state index contributed by atoms with van der Waals surface area (Å²) in [4.78, 5) is 12.3. The Bertz CT molecular complexity index is 1140. The third-order valence-electron chi connectivity index (χ3n) is 5.38. The molecule has 0 aliphatic rings. The predicted molar refractivity (Wildman–Crippen MR) is 138 cm³/mol. The number of nitrogens with one attached hydrogen (secondary N) is 2. The van der Waals surface area contributed by atoms with E-state index in [1.165, 1.54) is 0 Å². The van der Waals surface area contributed by atoms with Crippen molar-refractivity contribution in [1.82, 2.24) is 5.32 Å². The van der Waals surface area contributed by atoms with Crippen molar-refractivity contribution in [3.8, 4) is 23.0 Å². The molecular weight excluding hydrogens is 468 g/mol. The number of halogens is 1. The van der Waals surface area contributed by atoms with E-state index in [2.05, 4.69) is 10.6 Å². The maximum atomic E-state index is 12.3. The molecule has 3 aromatic rings. The normalized spacial score (nSPS) is 10.5. The van der Waals surface area contributed by atoms with Gasteiger partial charge in [0.2, 0.25) is 0 Å². The topological polar surface area (TPSA) is 78.0 Å². The fourth-order valence-electron chi connectivity index (χ4n) is 3.45. The summed E-state index contributed by atoms with van der Waals surface area (Å²) in [6, 6.07) is 16.9. The summed E-state index contributed by atoms with van der Waals surface area (Å²) >= 11 is 6.48. The fraction of sp³-hybridized carbons (Fsp3) is 0.296. The van der Waals surface area contributed by atoms with Crippen molar-refractivity contribution >= 4 is 23.2 Å². The Morgan fingerprint density at radius 1 is 0.857 bits per heavy atom. The quantitative estimate of drug-likeness (QED) is 0.341. The number of aryl methyl sites for hydroxylation is 1. The minimum absolute atomic E-state index is 0.163. The monoisotopic (exact) mass is 498 g/mol. The molecule has 0 radical (unpaired) electrons. The zero-order valence-corrected chi connectivity index (χ0v) is 21.2. The molecule has 0 bridgehead atoms. The highest BCUT2D eigenvalue weighted by Crippen LogP contribution is 2.33. The third kappa shape index (κ3) is 7.53. The minimum Gasteiger partial charge on any atom is -0.493 e. The maximum absolute atomic E-state index is 12.3. The first-order valence-corrected chi connectivity index (χ1v) is 11.6. The van der Waals surface area contributed by atoms with Crippen molar-refractivity contribution in [2.75, 3.05) is 39.8 Å². The van der Waals surface area contributed by atoms with Gasteiger partial charge in [0.25, 0.3) is 5.91 Å². The van der Waals surface area contributed by atoms with Gasteiger partial charge in [-0.15, -0.1) is 0 Å². The van der Waals surface area contributed by atoms with Crippen molar-refractivity contribution in [1.29, 1.82) is 0 Å². The van der Waals surface area contributed by atoms with Gasteiger partial charge in [0, 0.05) is 23.3 Å². The molecule has 0 aliphatic heterocycles. The first-order chi connectivity index (χ1) is 16.9. The van der Waals surface area contributed by atoms with Crippen molar-refractivity contribution in [3.63, 3.8) is 0 Å². The van der Waals surface area contributed by atoms with Crippen LogP contribution in [0.3, 0.4) is 0 Å². The van der Waals surface area contributed by atoms with Gasteiger partial charge in [-0.25, -0.2) is 0 Å². The molecule has 3 rings (SSSR count). The van der Waals surface area contributed by atoms with E-state index in [1.54, 1.807) is 27.4 Å². The Morgan fingerprint density at radius 3 is 2.23 bits per heavy atom. The SMILES string of the molecule is COc1ccc(CCNCc2cc(OC)c(OCC(=O)Nc3ccc(C)cc3)cc2Cl)cc1OC. The molecule has 2 N–H and O–H groups in total. The molecule has 3 aromatic carbocycles. The van der Waals surface area contributed by atoms with E-state index in [4.69, 9.17) is 30.5 Å². The van der Waals surface area contributed by atoms with Crippen LogP contribution in [-0.2, 0) is 17.8 Å². The molecule has 0 spiro atoms. The average Bonchev–Trinajstić information content (AvgIpc) is 2.87. The number of benzene rings is 3. The highest BCUT2D eigenvalue weighted by atomic mass is 35.5. The molecule has 0 unspecified atom stereocenters. The zero-order chi connectivity index (χ0) is 25.2. The highest BCUT2D eigenvalue weighted by Gasteiger charge is 2.13. The maximum Gasteiger partial charge on any atom is 0.262 e. The van der Waals surface area contributed by atoms with Crippen molar-refractivity contribution < 1.29 is 23.7 Å². The summed E-state index contributed by atoms with van der Waals surface area (Å²) < 4.78 is 21.8. The minimum atomic E-state index is -0.270. The third-order valence-corrected chi connectivity index (χ3v) is 5.73. The van der Waals surface area contributed by atoms with E-state index in [0.29, 0.717) is 40.3 Å². The van der Waals surface area contributed by atoms with Gasteiger partial charge in [-0.05, 0) is 61.3 Å². The van der Waals surface area contributed by atoms with E-state index in [-0.39, 0.29) is 12.5 Å². The largest absolute Gasteiger partial charge is 0.493 e. The molecule has 0 fully saturated rings. The van der Waals surface area contributed by atoms with Crippen molar-refractivity contribution in [3.05, 3.63) is 76.3 Å². The molecule has 0 heterocycles. The molecule has 1 amide bonds. The number of amides is 1. The molecule has 0 atom stereocenters. The number of hydrogen-bond donors (Lipinski definition) is 2. The van der Waals surface area contributed by atoms with E-state index in [1.807, 2.05) is 55.5 Å². The van der Waals surface area contributed by atoms with Crippen LogP contribution in [0.15, 0.2) is 54.6 Å². The zero-order valence-electron chi connectivity index (χ0n) is 20.4. The molecule has 35 heavy (non-hydrogen) atoms. The van der Waals surface area contributed by atoms with Gasteiger partial charge >= 0.3 is 0 Å². The second-order valence-corrected chi connectivity index (χ2v) is 8.32. The first-order valence-electron chi connectivity index (χ1n) is 11.2. The predicted octanol–water partition coefficient (Wildman–Crippen LogP) is 5.02. The molecule has 0 saturated carbocycles. The van der Waals surface area contributed by atoms with Gasteiger partial charge in [0.15, 0.2) is 29.6 Å². The number of ether oxygens (including phenoxy) is 4. The lowest BCUT2D eigenvalue weighted by Gasteiger charge is -2.14. The van der Waals surface area contributed by atoms with Gasteiger partial charge in [-0.1, -0.05) is 35.4 Å². The summed E-state index contributed by atoms with van der Waals surface area (Å²) in [6.45, 7) is 3.12. The van der Waals surface area contributed by atoms with Gasteiger partial charge in [0.1, 0.15) is 0 Å². The number of hydrogen-bond acceptors (Lipinski definition) is 6. The molecule has 0 saturated heterocycles. The number of anilines is 1. The van der Waals surface area contributed by atoms with Gasteiger partial charge in [0.05, 0.1) is 21.3 Å². The molecule has 7 nitrogen and oxygen atoms in total.